The molecule has 112 valence electrons. The Kier molecular flexibility index (Phi) is 3.75. The molecule has 1 saturated heterocycles. The van der Waals surface area contributed by atoms with Crippen LogP contribution in [0.2, 0.25) is 0 Å². The molecule has 0 bridgehead atoms. The standard InChI is InChI=1S/C13H15N3O4S/c1-20-13(19)9-4-7(17)5-16(9)6-10-14-8-2-3-21-11(8)12(18)15-10/h2-3,7,9,17H,4-6H2,1H3,(H,14,15,18). The van der Waals surface area contributed by atoms with E-state index < -0.39 is 12.1 Å². The molecule has 21 heavy (non-hydrogen) atoms. The molecule has 0 radical (unpaired) electrons. The number of aliphatic hydroxyl groups is 1. The molecule has 0 amide bonds. The fourth-order valence-electron chi connectivity index (χ4n) is 2.62. The Hall–Kier alpha value is -1.77. The SMILES string of the molecule is COC(=O)C1CC(O)CN1Cc1nc2ccsc2c(=O)[nH]1. The first-order chi connectivity index (χ1) is 10.1. The van der Waals surface area contributed by atoms with Crippen molar-refractivity contribution in [3.63, 3.8) is 0 Å². The molecule has 2 aromatic heterocycles. The Morgan fingerprint density at radius 1 is 1.67 bits per heavy atom. The van der Waals surface area contributed by atoms with Crippen LogP contribution >= 0.6 is 11.3 Å². The van der Waals surface area contributed by atoms with Crippen molar-refractivity contribution >= 4 is 27.5 Å². The highest BCUT2D eigenvalue weighted by Crippen LogP contribution is 2.21. The largest absolute Gasteiger partial charge is 0.468 e. The number of ether oxygens (including phenoxy) is 1. The number of carbonyl (C=O) groups is 1. The summed E-state index contributed by atoms with van der Waals surface area (Å²) in [5.41, 5.74) is 0.465. The van der Waals surface area contributed by atoms with E-state index in [4.69, 9.17) is 4.74 Å². The van der Waals surface area contributed by atoms with Crippen LogP contribution in [0.1, 0.15) is 12.2 Å². The average Bonchev–Trinajstić information content (AvgIpc) is 3.05. The molecular weight excluding hydrogens is 294 g/mol. The lowest BCUT2D eigenvalue weighted by molar-refractivity contribution is -0.146. The van der Waals surface area contributed by atoms with Gasteiger partial charge in [-0.2, -0.15) is 0 Å². The van der Waals surface area contributed by atoms with Gasteiger partial charge in [0.15, 0.2) is 0 Å². The number of nitrogens with one attached hydrogen (secondary N) is 1. The maximum Gasteiger partial charge on any atom is 0.323 e. The van der Waals surface area contributed by atoms with E-state index >= 15 is 0 Å². The number of β-amino-alcohol motifs (C(OH)–C–C–N with tert-alkyl or cyclic N) is 1. The zero-order valence-corrected chi connectivity index (χ0v) is 12.2. The number of H-pyrrole nitrogens is 1. The zero-order valence-electron chi connectivity index (χ0n) is 11.4. The van der Waals surface area contributed by atoms with Gasteiger partial charge in [0, 0.05) is 13.0 Å². The number of hydrogen-bond donors (Lipinski definition) is 2. The van der Waals surface area contributed by atoms with Gasteiger partial charge in [-0.05, 0) is 11.4 Å². The fourth-order valence-corrected chi connectivity index (χ4v) is 3.35. The van der Waals surface area contributed by atoms with E-state index in [1.807, 2.05) is 5.38 Å². The second-order valence-corrected chi connectivity index (χ2v) is 5.92. The topological polar surface area (TPSA) is 95.5 Å². The highest BCUT2D eigenvalue weighted by molar-refractivity contribution is 7.17. The van der Waals surface area contributed by atoms with Gasteiger partial charge in [-0.1, -0.05) is 0 Å². The van der Waals surface area contributed by atoms with Crippen LogP contribution in [0.3, 0.4) is 0 Å². The molecule has 0 spiro atoms. The summed E-state index contributed by atoms with van der Waals surface area (Å²) in [6, 6.07) is 1.28. The van der Waals surface area contributed by atoms with Crippen molar-refractivity contribution in [2.45, 2.75) is 25.1 Å². The quantitative estimate of drug-likeness (QED) is 0.780. The van der Waals surface area contributed by atoms with Crippen molar-refractivity contribution in [3.8, 4) is 0 Å². The third kappa shape index (κ3) is 2.69. The summed E-state index contributed by atoms with van der Waals surface area (Å²) >= 11 is 1.34. The monoisotopic (exact) mass is 309 g/mol. The molecule has 3 rings (SSSR count). The summed E-state index contributed by atoms with van der Waals surface area (Å²) in [6.07, 6.45) is -0.247. The number of hydrogen-bond acceptors (Lipinski definition) is 7. The van der Waals surface area contributed by atoms with E-state index in [1.54, 1.807) is 11.0 Å². The van der Waals surface area contributed by atoms with E-state index in [0.29, 0.717) is 29.0 Å². The number of rotatable bonds is 3. The minimum Gasteiger partial charge on any atom is -0.468 e. The van der Waals surface area contributed by atoms with Crippen molar-refractivity contribution in [3.05, 3.63) is 27.6 Å². The number of methoxy groups -OCH3 is 1. The van der Waals surface area contributed by atoms with Gasteiger partial charge >= 0.3 is 5.97 Å². The van der Waals surface area contributed by atoms with E-state index in [2.05, 4.69) is 9.97 Å². The van der Waals surface area contributed by atoms with Crippen LogP contribution in [0.25, 0.3) is 10.2 Å². The van der Waals surface area contributed by atoms with E-state index in [-0.39, 0.29) is 18.1 Å². The molecule has 1 aliphatic heterocycles. The molecule has 0 aromatic carbocycles. The Morgan fingerprint density at radius 3 is 3.24 bits per heavy atom. The van der Waals surface area contributed by atoms with Crippen molar-refractivity contribution in [1.82, 2.24) is 14.9 Å². The normalized spacial score (nSPS) is 22.8. The van der Waals surface area contributed by atoms with Crippen LogP contribution in [-0.2, 0) is 16.1 Å². The maximum atomic E-state index is 11.9. The summed E-state index contributed by atoms with van der Waals surface area (Å²) in [7, 11) is 1.32. The second kappa shape index (κ2) is 5.55. The van der Waals surface area contributed by atoms with Crippen LogP contribution in [-0.4, -0.2) is 51.7 Å². The third-order valence-electron chi connectivity index (χ3n) is 3.57. The van der Waals surface area contributed by atoms with Crippen LogP contribution in [0.4, 0.5) is 0 Å². The minimum atomic E-state index is -0.578. The molecule has 2 atom stereocenters. The molecule has 1 fully saturated rings. The Balaban J connectivity index is 1.86. The molecule has 0 saturated carbocycles. The molecule has 2 unspecified atom stereocenters. The van der Waals surface area contributed by atoms with Crippen LogP contribution in [0.5, 0.6) is 0 Å². The summed E-state index contributed by atoms with van der Waals surface area (Å²) in [4.78, 5) is 32.5. The van der Waals surface area contributed by atoms with Gasteiger partial charge in [-0.3, -0.25) is 14.5 Å². The number of nitrogens with zero attached hydrogens (tertiary/aromatic N) is 2. The first-order valence-electron chi connectivity index (χ1n) is 6.55. The van der Waals surface area contributed by atoms with E-state index in [0.717, 1.165) is 0 Å². The van der Waals surface area contributed by atoms with Crippen LogP contribution in [0, 0.1) is 0 Å². The molecule has 1 aliphatic rings. The molecular formula is C13H15N3O4S. The summed E-state index contributed by atoms with van der Waals surface area (Å²) in [5, 5.41) is 11.6. The molecule has 0 aliphatic carbocycles. The predicted octanol–water partition coefficient (Wildman–Crippen LogP) is 0.0928. The number of thiophene rings is 1. The molecule has 8 heteroatoms. The van der Waals surface area contributed by atoms with Gasteiger partial charge in [0.05, 0.1) is 25.3 Å². The average molecular weight is 309 g/mol. The Morgan fingerprint density at radius 2 is 2.48 bits per heavy atom. The molecule has 7 nitrogen and oxygen atoms in total. The highest BCUT2D eigenvalue weighted by Gasteiger charge is 2.37. The predicted molar refractivity (Wildman–Crippen MR) is 77.1 cm³/mol. The number of aromatic amines is 1. The maximum absolute atomic E-state index is 11.9. The summed E-state index contributed by atoms with van der Waals surface area (Å²) < 4.78 is 5.34. The van der Waals surface area contributed by atoms with Crippen LogP contribution in [0.15, 0.2) is 16.2 Å². The van der Waals surface area contributed by atoms with Crippen LogP contribution < -0.4 is 5.56 Å². The van der Waals surface area contributed by atoms with E-state index in [9.17, 15) is 14.7 Å². The first kappa shape index (κ1) is 14.2. The number of aliphatic hydroxyl groups excluding tert-OH is 1. The highest BCUT2D eigenvalue weighted by atomic mass is 32.1. The van der Waals surface area contributed by atoms with Crippen molar-refractivity contribution < 1.29 is 14.6 Å². The van der Waals surface area contributed by atoms with Gasteiger partial charge < -0.3 is 14.8 Å². The van der Waals surface area contributed by atoms with E-state index in [1.165, 1.54) is 18.4 Å². The number of aromatic nitrogens is 2. The smallest absolute Gasteiger partial charge is 0.323 e. The van der Waals surface area contributed by atoms with Gasteiger partial charge in [-0.25, -0.2) is 4.98 Å². The van der Waals surface area contributed by atoms with Gasteiger partial charge in [0.2, 0.25) is 0 Å². The lowest BCUT2D eigenvalue weighted by atomic mass is 10.2. The summed E-state index contributed by atoms with van der Waals surface area (Å²) in [6.45, 7) is 0.642. The molecule has 3 heterocycles. The Bertz CT molecular complexity index is 726. The number of fused-ring (bicyclic) bond motifs is 1. The number of esters is 1. The van der Waals surface area contributed by atoms with Gasteiger partial charge in [-0.15, -0.1) is 11.3 Å². The zero-order chi connectivity index (χ0) is 15.0. The number of likely N-dealkylation sites (tertiary alicyclic amines) is 1. The molecule has 2 N–H and O–H groups in total. The lowest BCUT2D eigenvalue weighted by Gasteiger charge is -2.21. The van der Waals surface area contributed by atoms with Gasteiger partial charge in [0.25, 0.3) is 5.56 Å². The van der Waals surface area contributed by atoms with Crippen molar-refractivity contribution in [1.29, 1.82) is 0 Å². The number of carbonyl (C=O) groups excluding carboxylic acids is 1. The van der Waals surface area contributed by atoms with Crippen molar-refractivity contribution in [2.24, 2.45) is 0 Å². The Labute approximate surface area is 124 Å². The third-order valence-corrected chi connectivity index (χ3v) is 4.47. The first-order valence-corrected chi connectivity index (χ1v) is 7.43. The fraction of sp³-hybridized carbons (Fsp3) is 0.462. The van der Waals surface area contributed by atoms with Gasteiger partial charge in [0.1, 0.15) is 16.6 Å². The molecule has 2 aromatic rings. The lowest BCUT2D eigenvalue weighted by Crippen LogP contribution is -2.37. The summed E-state index contributed by atoms with van der Waals surface area (Å²) in [5.74, 6) is 0.0967. The second-order valence-electron chi connectivity index (χ2n) is 5.01. The van der Waals surface area contributed by atoms with Crippen molar-refractivity contribution in [2.75, 3.05) is 13.7 Å². The minimum absolute atomic E-state index is 0.181.